The minimum Gasteiger partial charge on any atom is -0.490 e. The number of para-hydroxylation sites is 1. The van der Waals surface area contributed by atoms with Crippen LogP contribution in [0.25, 0.3) is 6.08 Å². The van der Waals surface area contributed by atoms with Crippen LogP contribution in [0.15, 0.2) is 84.3 Å². The molecule has 0 aliphatic carbocycles. The first kappa shape index (κ1) is 23.9. The van der Waals surface area contributed by atoms with Gasteiger partial charge >= 0.3 is 5.97 Å². The highest BCUT2D eigenvalue weighted by atomic mass is 32.2. The van der Waals surface area contributed by atoms with Gasteiger partial charge in [-0.3, -0.25) is 9.52 Å². The van der Waals surface area contributed by atoms with Gasteiger partial charge in [0.05, 0.1) is 5.41 Å². The lowest BCUT2D eigenvalue weighted by Crippen LogP contribution is -2.11. The normalized spacial score (nSPS) is 11.3. The van der Waals surface area contributed by atoms with Gasteiger partial charge in [-0.05, 0) is 54.0 Å². The van der Waals surface area contributed by atoms with Gasteiger partial charge in [-0.15, -0.1) is 0 Å². The van der Waals surface area contributed by atoms with Crippen LogP contribution in [0, 0.1) is 0 Å². The Morgan fingerprint density at radius 3 is 2.27 bits per heavy atom. The van der Waals surface area contributed by atoms with Crippen LogP contribution in [0.3, 0.4) is 0 Å². The molecule has 33 heavy (non-hydrogen) atoms. The predicted molar refractivity (Wildman–Crippen MR) is 128 cm³/mol. The van der Waals surface area contributed by atoms with Crippen molar-refractivity contribution in [1.82, 2.24) is 0 Å². The van der Waals surface area contributed by atoms with Gasteiger partial charge in [-0.25, -0.2) is 8.42 Å². The van der Waals surface area contributed by atoms with Crippen LogP contribution in [0.4, 0.5) is 5.69 Å². The molecule has 0 aliphatic heterocycles. The summed E-state index contributed by atoms with van der Waals surface area (Å²) in [5.74, 6) is 0.349. The summed E-state index contributed by atoms with van der Waals surface area (Å²) in [7, 11) is -3.64. The van der Waals surface area contributed by atoms with E-state index >= 15 is 0 Å². The fourth-order valence-corrected chi connectivity index (χ4v) is 3.82. The van der Waals surface area contributed by atoms with Crippen molar-refractivity contribution in [3.05, 3.63) is 95.4 Å². The van der Waals surface area contributed by atoms with Gasteiger partial charge in [-0.1, -0.05) is 48.5 Å². The lowest BCUT2D eigenvalue weighted by atomic mass is 10.1. The van der Waals surface area contributed by atoms with Crippen LogP contribution in [0.2, 0.25) is 0 Å². The van der Waals surface area contributed by atoms with Gasteiger partial charge in [0, 0.05) is 12.1 Å². The van der Waals surface area contributed by atoms with E-state index in [2.05, 4.69) is 4.72 Å². The maximum absolute atomic E-state index is 12.2. The Bertz CT molecular complexity index is 1180. The van der Waals surface area contributed by atoms with Gasteiger partial charge < -0.3 is 14.6 Å². The first-order valence-electron chi connectivity index (χ1n) is 10.3. The number of nitrogens with one attached hydrogen (secondary N) is 1. The first-order valence-corrected chi connectivity index (χ1v) is 11.9. The molecule has 7 nitrogen and oxygen atoms in total. The van der Waals surface area contributed by atoms with Crippen molar-refractivity contribution in [2.75, 3.05) is 17.9 Å². The number of aryl methyl sites for hydroxylation is 1. The van der Waals surface area contributed by atoms with Crippen LogP contribution >= 0.6 is 0 Å². The van der Waals surface area contributed by atoms with Crippen molar-refractivity contribution >= 4 is 27.8 Å². The maximum Gasteiger partial charge on any atom is 0.303 e. The Morgan fingerprint density at radius 2 is 1.55 bits per heavy atom. The van der Waals surface area contributed by atoms with E-state index in [4.69, 9.17) is 14.6 Å². The zero-order valence-corrected chi connectivity index (χ0v) is 18.7. The number of ether oxygens (including phenoxy) is 2. The fourth-order valence-electron chi connectivity index (χ4n) is 2.95. The summed E-state index contributed by atoms with van der Waals surface area (Å²) in [6, 6.07) is 23.0. The topological polar surface area (TPSA) is 102 Å². The second-order valence-corrected chi connectivity index (χ2v) is 8.65. The molecule has 0 radical (unpaired) electrons. The maximum atomic E-state index is 12.2. The SMILES string of the molecule is O=C(O)CCc1ccccc1OCCOc1ccc(NS(=O)(=O)/C=C/c2ccccc2)cc1. The molecule has 0 atom stereocenters. The number of hydrogen-bond acceptors (Lipinski definition) is 5. The van der Waals surface area contributed by atoms with Gasteiger partial charge in [0.25, 0.3) is 10.0 Å². The molecule has 0 bridgehead atoms. The van der Waals surface area contributed by atoms with Crippen LogP contribution in [0.1, 0.15) is 17.5 Å². The Balaban J connectivity index is 1.46. The van der Waals surface area contributed by atoms with Crippen molar-refractivity contribution in [3.63, 3.8) is 0 Å². The van der Waals surface area contributed by atoms with Gasteiger partial charge in [0.1, 0.15) is 24.7 Å². The van der Waals surface area contributed by atoms with E-state index in [9.17, 15) is 13.2 Å². The van der Waals surface area contributed by atoms with Crippen LogP contribution in [-0.4, -0.2) is 32.7 Å². The average molecular weight is 468 g/mol. The summed E-state index contributed by atoms with van der Waals surface area (Å²) in [4.78, 5) is 10.8. The zero-order valence-electron chi connectivity index (χ0n) is 17.9. The molecule has 8 heteroatoms. The summed E-state index contributed by atoms with van der Waals surface area (Å²) in [5.41, 5.74) is 2.04. The molecular formula is C25H25NO6S. The van der Waals surface area contributed by atoms with Gasteiger partial charge in [-0.2, -0.15) is 0 Å². The van der Waals surface area contributed by atoms with Crippen molar-refractivity contribution < 1.29 is 27.8 Å². The molecule has 0 aromatic heterocycles. The monoisotopic (exact) mass is 467 g/mol. The molecular weight excluding hydrogens is 442 g/mol. The molecule has 3 rings (SSSR count). The zero-order chi connectivity index (χ0) is 23.5. The molecule has 0 fully saturated rings. The first-order chi connectivity index (χ1) is 15.9. The largest absolute Gasteiger partial charge is 0.490 e. The molecule has 0 saturated carbocycles. The third kappa shape index (κ3) is 8.34. The Kier molecular flexibility index (Phi) is 8.49. The standard InChI is InChI=1S/C25H25NO6S/c27-25(28)15-10-21-8-4-5-9-24(21)32-18-17-31-23-13-11-22(12-14-23)26-33(29,30)19-16-20-6-2-1-3-7-20/h1-9,11-14,16,19,26H,10,15,17-18H2,(H,27,28)/b19-16+. The van der Waals surface area contributed by atoms with E-state index in [1.165, 1.54) is 6.08 Å². The number of hydrogen-bond donors (Lipinski definition) is 2. The van der Waals surface area contributed by atoms with E-state index in [-0.39, 0.29) is 19.6 Å². The second kappa shape index (κ2) is 11.7. The van der Waals surface area contributed by atoms with Crippen LogP contribution in [-0.2, 0) is 21.2 Å². The minimum absolute atomic E-state index is 0.0367. The van der Waals surface area contributed by atoms with Gasteiger partial charge in [0.2, 0.25) is 0 Å². The molecule has 0 spiro atoms. The summed E-state index contributed by atoms with van der Waals surface area (Å²) in [6.07, 6.45) is 1.96. The van der Waals surface area contributed by atoms with E-state index in [1.54, 1.807) is 30.3 Å². The number of carboxylic acid groups (broad SMARTS) is 1. The lowest BCUT2D eigenvalue weighted by Gasteiger charge is -2.12. The van der Waals surface area contributed by atoms with Crippen molar-refractivity contribution in [2.45, 2.75) is 12.8 Å². The predicted octanol–water partition coefficient (Wildman–Crippen LogP) is 4.57. The Morgan fingerprint density at radius 1 is 0.879 bits per heavy atom. The van der Waals surface area contributed by atoms with E-state index in [0.717, 1.165) is 16.5 Å². The molecule has 0 heterocycles. The third-order valence-corrected chi connectivity index (χ3v) is 5.56. The number of aliphatic carboxylic acids is 1. The lowest BCUT2D eigenvalue weighted by molar-refractivity contribution is -0.136. The van der Waals surface area contributed by atoms with Gasteiger partial charge in [0.15, 0.2) is 0 Å². The van der Waals surface area contributed by atoms with E-state index < -0.39 is 16.0 Å². The number of anilines is 1. The fraction of sp³-hybridized carbons (Fsp3) is 0.160. The summed E-state index contributed by atoms with van der Waals surface area (Å²) < 4.78 is 38.3. The number of carboxylic acids is 1. The molecule has 172 valence electrons. The third-order valence-electron chi connectivity index (χ3n) is 4.54. The molecule has 0 saturated heterocycles. The second-order valence-electron chi connectivity index (χ2n) is 7.08. The molecule has 0 aliphatic rings. The van der Waals surface area contributed by atoms with Crippen molar-refractivity contribution in [3.8, 4) is 11.5 Å². The number of benzene rings is 3. The smallest absolute Gasteiger partial charge is 0.303 e. The van der Waals surface area contributed by atoms with E-state index in [0.29, 0.717) is 23.6 Å². The highest BCUT2D eigenvalue weighted by Crippen LogP contribution is 2.20. The Labute approximate surface area is 193 Å². The molecule has 3 aromatic rings. The molecule has 2 N–H and O–H groups in total. The molecule has 0 unspecified atom stereocenters. The van der Waals surface area contributed by atoms with E-state index in [1.807, 2.05) is 48.5 Å². The Hall–Kier alpha value is -3.78. The van der Waals surface area contributed by atoms with Crippen molar-refractivity contribution in [2.24, 2.45) is 0 Å². The molecule has 3 aromatic carbocycles. The van der Waals surface area contributed by atoms with Crippen LogP contribution in [0.5, 0.6) is 11.5 Å². The van der Waals surface area contributed by atoms with Crippen LogP contribution < -0.4 is 14.2 Å². The minimum atomic E-state index is -3.64. The number of carbonyl (C=O) groups is 1. The summed E-state index contributed by atoms with van der Waals surface area (Å²) in [5, 5.41) is 9.98. The highest BCUT2D eigenvalue weighted by Gasteiger charge is 2.07. The summed E-state index contributed by atoms with van der Waals surface area (Å²) >= 11 is 0. The number of rotatable bonds is 12. The van der Waals surface area contributed by atoms with Crippen molar-refractivity contribution in [1.29, 1.82) is 0 Å². The molecule has 0 amide bonds. The quantitative estimate of drug-likeness (QED) is 0.378. The highest BCUT2D eigenvalue weighted by molar-refractivity contribution is 7.95. The summed E-state index contributed by atoms with van der Waals surface area (Å²) in [6.45, 7) is 0.556. The average Bonchev–Trinajstić information content (AvgIpc) is 2.81. The number of sulfonamides is 1.